The molecule has 0 aliphatic carbocycles. The number of carbonyl (C=O) groups excluding carboxylic acids is 2. The highest BCUT2D eigenvalue weighted by Crippen LogP contribution is 2.15. The predicted molar refractivity (Wildman–Crippen MR) is 103 cm³/mol. The van der Waals surface area contributed by atoms with Crippen LogP contribution in [0.15, 0.2) is 54.6 Å². The number of ether oxygens (including phenoxy) is 2. The highest BCUT2D eigenvalue weighted by atomic mass is 16.5. The molecule has 0 unspecified atom stereocenters. The van der Waals surface area contributed by atoms with Gasteiger partial charge < -0.3 is 19.9 Å². The minimum absolute atomic E-state index is 0.140. The molecule has 146 valence electrons. The molecule has 0 saturated heterocycles. The Morgan fingerprint density at radius 3 is 2.43 bits per heavy atom. The summed E-state index contributed by atoms with van der Waals surface area (Å²) in [6.45, 7) is 1.30. The number of amides is 1. The number of methoxy groups -OCH3 is 1. The van der Waals surface area contributed by atoms with E-state index in [2.05, 4.69) is 5.32 Å². The minimum Gasteiger partial charge on any atom is -0.497 e. The third-order valence-electron chi connectivity index (χ3n) is 3.76. The van der Waals surface area contributed by atoms with Crippen LogP contribution in [0.2, 0.25) is 0 Å². The SMILES string of the molecule is COc1ccc(C[C@H](NC(=O)C=Cc2cccc(OC(C)=O)c2)C(=O)O)cc1. The summed E-state index contributed by atoms with van der Waals surface area (Å²) in [7, 11) is 1.55. The van der Waals surface area contributed by atoms with Crippen LogP contribution >= 0.6 is 0 Å². The molecule has 0 aromatic heterocycles. The number of esters is 1. The number of nitrogens with one attached hydrogen (secondary N) is 1. The Labute approximate surface area is 162 Å². The van der Waals surface area contributed by atoms with Crippen molar-refractivity contribution in [3.63, 3.8) is 0 Å². The molecular weight excluding hydrogens is 362 g/mol. The first-order chi connectivity index (χ1) is 13.4. The van der Waals surface area contributed by atoms with Crippen LogP contribution in [-0.4, -0.2) is 36.1 Å². The first-order valence-electron chi connectivity index (χ1n) is 8.50. The zero-order valence-electron chi connectivity index (χ0n) is 15.5. The number of carboxylic acids is 1. The lowest BCUT2D eigenvalue weighted by molar-refractivity contribution is -0.141. The number of benzene rings is 2. The van der Waals surface area contributed by atoms with E-state index in [0.29, 0.717) is 17.1 Å². The third-order valence-corrected chi connectivity index (χ3v) is 3.76. The monoisotopic (exact) mass is 383 g/mol. The van der Waals surface area contributed by atoms with E-state index in [-0.39, 0.29) is 6.42 Å². The summed E-state index contributed by atoms with van der Waals surface area (Å²) in [5, 5.41) is 11.8. The van der Waals surface area contributed by atoms with Gasteiger partial charge in [-0.2, -0.15) is 0 Å². The number of carbonyl (C=O) groups is 3. The number of aliphatic carboxylic acids is 1. The average molecular weight is 383 g/mol. The highest BCUT2D eigenvalue weighted by molar-refractivity contribution is 5.94. The molecule has 2 N–H and O–H groups in total. The van der Waals surface area contributed by atoms with E-state index in [0.717, 1.165) is 5.56 Å². The molecule has 0 aliphatic heterocycles. The Balaban J connectivity index is 2.00. The van der Waals surface area contributed by atoms with Crippen molar-refractivity contribution in [1.82, 2.24) is 5.32 Å². The molecule has 0 fully saturated rings. The molecule has 0 spiro atoms. The van der Waals surface area contributed by atoms with E-state index in [1.165, 1.54) is 19.1 Å². The summed E-state index contributed by atoms with van der Waals surface area (Å²) >= 11 is 0. The van der Waals surface area contributed by atoms with Gasteiger partial charge in [-0.1, -0.05) is 24.3 Å². The lowest BCUT2D eigenvalue weighted by atomic mass is 10.1. The fourth-order valence-corrected chi connectivity index (χ4v) is 2.44. The van der Waals surface area contributed by atoms with Gasteiger partial charge in [-0.05, 0) is 41.5 Å². The summed E-state index contributed by atoms with van der Waals surface area (Å²) in [6.07, 6.45) is 2.88. The van der Waals surface area contributed by atoms with Crippen molar-refractivity contribution in [3.05, 3.63) is 65.7 Å². The van der Waals surface area contributed by atoms with Crippen molar-refractivity contribution in [2.45, 2.75) is 19.4 Å². The van der Waals surface area contributed by atoms with Crippen LogP contribution < -0.4 is 14.8 Å². The molecule has 0 saturated carbocycles. The molecule has 0 bridgehead atoms. The Morgan fingerprint density at radius 1 is 1.11 bits per heavy atom. The fraction of sp³-hybridized carbons (Fsp3) is 0.190. The van der Waals surface area contributed by atoms with Crippen molar-refractivity contribution in [2.75, 3.05) is 7.11 Å². The molecule has 7 nitrogen and oxygen atoms in total. The van der Waals surface area contributed by atoms with E-state index >= 15 is 0 Å². The van der Waals surface area contributed by atoms with Gasteiger partial charge in [-0.25, -0.2) is 4.79 Å². The van der Waals surface area contributed by atoms with Crippen LogP contribution in [0.1, 0.15) is 18.1 Å². The standard InChI is InChI=1S/C21H21NO6/c1-14(23)28-18-5-3-4-15(12-18)8-11-20(24)22-19(21(25)26)13-16-6-9-17(27-2)10-7-16/h3-12,19H,13H2,1-2H3,(H,22,24)(H,25,26)/t19-/m0/s1. The quantitative estimate of drug-likeness (QED) is 0.412. The van der Waals surface area contributed by atoms with Crippen molar-refractivity contribution in [1.29, 1.82) is 0 Å². The number of hydrogen-bond donors (Lipinski definition) is 2. The largest absolute Gasteiger partial charge is 0.497 e. The predicted octanol–water partition coefficient (Wildman–Crippen LogP) is 2.45. The summed E-state index contributed by atoms with van der Waals surface area (Å²) in [6, 6.07) is 12.5. The van der Waals surface area contributed by atoms with Gasteiger partial charge in [0.05, 0.1) is 7.11 Å². The van der Waals surface area contributed by atoms with Gasteiger partial charge >= 0.3 is 11.9 Å². The number of rotatable bonds is 8. The van der Waals surface area contributed by atoms with Crippen molar-refractivity contribution in [2.24, 2.45) is 0 Å². The Hall–Kier alpha value is -3.61. The molecule has 28 heavy (non-hydrogen) atoms. The van der Waals surface area contributed by atoms with Gasteiger partial charge in [0, 0.05) is 19.4 Å². The molecule has 0 radical (unpaired) electrons. The molecule has 1 amide bonds. The van der Waals surface area contributed by atoms with Crippen molar-refractivity contribution >= 4 is 23.9 Å². The van der Waals surface area contributed by atoms with Gasteiger partial charge in [-0.15, -0.1) is 0 Å². The van der Waals surface area contributed by atoms with Crippen LogP contribution in [-0.2, 0) is 20.8 Å². The third kappa shape index (κ3) is 6.60. The van der Waals surface area contributed by atoms with E-state index in [4.69, 9.17) is 9.47 Å². The lowest BCUT2D eigenvalue weighted by Gasteiger charge is -2.13. The van der Waals surface area contributed by atoms with Crippen LogP contribution in [0.25, 0.3) is 6.08 Å². The fourth-order valence-electron chi connectivity index (χ4n) is 2.44. The Bertz CT molecular complexity index is 873. The molecule has 1 atom stereocenters. The van der Waals surface area contributed by atoms with Crippen LogP contribution in [0.5, 0.6) is 11.5 Å². The van der Waals surface area contributed by atoms with Crippen LogP contribution in [0.4, 0.5) is 0 Å². The zero-order valence-corrected chi connectivity index (χ0v) is 15.5. The summed E-state index contributed by atoms with van der Waals surface area (Å²) in [4.78, 5) is 34.6. The number of carboxylic acid groups (broad SMARTS) is 1. The maximum Gasteiger partial charge on any atom is 0.326 e. The molecule has 2 aromatic carbocycles. The zero-order chi connectivity index (χ0) is 20.5. The first-order valence-corrected chi connectivity index (χ1v) is 8.50. The van der Waals surface area contributed by atoms with E-state index in [9.17, 15) is 19.5 Å². The maximum absolute atomic E-state index is 12.1. The molecular formula is C21H21NO6. The minimum atomic E-state index is -1.13. The van der Waals surface area contributed by atoms with Crippen LogP contribution in [0.3, 0.4) is 0 Å². The summed E-state index contributed by atoms with van der Waals surface area (Å²) < 4.78 is 10.0. The Kier molecular flexibility index (Phi) is 7.33. The molecule has 2 rings (SSSR count). The first kappa shape index (κ1) is 20.7. The van der Waals surface area contributed by atoms with Gasteiger partial charge in [-0.3, -0.25) is 9.59 Å². The van der Waals surface area contributed by atoms with Crippen molar-refractivity contribution < 1.29 is 29.0 Å². The van der Waals surface area contributed by atoms with Gasteiger partial charge in [0.15, 0.2) is 0 Å². The lowest BCUT2D eigenvalue weighted by Crippen LogP contribution is -2.41. The topological polar surface area (TPSA) is 102 Å². The van der Waals surface area contributed by atoms with E-state index < -0.39 is 23.9 Å². The van der Waals surface area contributed by atoms with Gasteiger partial charge in [0.1, 0.15) is 17.5 Å². The number of hydrogen-bond acceptors (Lipinski definition) is 5. The van der Waals surface area contributed by atoms with Crippen LogP contribution in [0, 0.1) is 0 Å². The normalized spacial score (nSPS) is 11.6. The molecule has 2 aromatic rings. The van der Waals surface area contributed by atoms with E-state index in [1.807, 2.05) is 0 Å². The highest BCUT2D eigenvalue weighted by Gasteiger charge is 2.19. The maximum atomic E-state index is 12.1. The van der Waals surface area contributed by atoms with Gasteiger partial charge in [0.2, 0.25) is 5.91 Å². The second kappa shape index (κ2) is 9.91. The molecule has 0 heterocycles. The second-order valence-corrected chi connectivity index (χ2v) is 5.95. The van der Waals surface area contributed by atoms with E-state index in [1.54, 1.807) is 55.6 Å². The van der Waals surface area contributed by atoms with Crippen molar-refractivity contribution in [3.8, 4) is 11.5 Å². The summed E-state index contributed by atoms with van der Waals surface area (Å²) in [5.41, 5.74) is 1.39. The second-order valence-electron chi connectivity index (χ2n) is 5.95. The molecule has 0 aliphatic rings. The molecule has 7 heteroatoms. The smallest absolute Gasteiger partial charge is 0.326 e. The Morgan fingerprint density at radius 2 is 1.82 bits per heavy atom. The van der Waals surface area contributed by atoms with Gasteiger partial charge in [0.25, 0.3) is 0 Å². The average Bonchev–Trinajstić information content (AvgIpc) is 2.66. The summed E-state index contributed by atoms with van der Waals surface area (Å²) in [5.74, 6) is -1.09.